The van der Waals surface area contributed by atoms with Gasteiger partial charge in [-0.25, -0.2) is 4.98 Å². The Hall–Kier alpha value is -2.04. The fraction of sp³-hybridized carbons (Fsp3) is 0.176. The minimum atomic E-state index is 0.874. The van der Waals surface area contributed by atoms with E-state index in [2.05, 4.69) is 27.8 Å². The van der Waals surface area contributed by atoms with Gasteiger partial charge in [0.2, 0.25) is 0 Å². The van der Waals surface area contributed by atoms with Gasteiger partial charge in [0.25, 0.3) is 0 Å². The molecule has 0 unspecified atom stereocenters. The SMILES string of the molecule is c1ccc(-c2csc(CCNCc3ccncc3)n2)cc1. The second kappa shape index (κ2) is 7.11. The Morgan fingerprint density at radius 2 is 1.81 bits per heavy atom. The van der Waals surface area contributed by atoms with Gasteiger partial charge in [-0.05, 0) is 17.7 Å². The Balaban J connectivity index is 1.49. The summed E-state index contributed by atoms with van der Waals surface area (Å²) < 4.78 is 0. The zero-order valence-electron chi connectivity index (χ0n) is 11.7. The fourth-order valence-corrected chi connectivity index (χ4v) is 2.90. The summed E-state index contributed by atoms with van der Waals surface area (Å²) in [7, 11) is 0. The maximum atomic E-state index is 4.69. The second-order valence-corrected chi connectivity index (χ2v) is 5.72. The van der Waals surface area contributed by atoms with E-state index in [0.717, 1.165) is 25.2 Å². The third-order valence-corrected chi connectivity index (χ3v) is 4.12. The monoisotopic (exact) mass is 295 g/mol. The number of rotatable bonds is 6. The van der Waals surface area contributed by atoms with Gasteiger partial charge >= 0.3 is 0 Å². The maximum absolute atomic E-state index is 4.69. The number of hydrogen-bond acceptors (Lipinski definition) is 4. The molecule has 21 heavy (non-hydrogen) atoms. The van der Waals surface area contributed by atoms with Gasteiger partial charge in [-0.1, -0.05) is 30.3 Å². The van der Waals surface area contributed by atoms with Crippen LogP contribution in [0.5, 0.6) is 0 Å². The standard InChI is InChI=1S/C17H17N3S/c1-2-4-15(5-3-1)16-13-21-17(20-16)8-11-19-12-14-6-9-18-10-7-14/h1-7,9-10,13,19H,8,11-12H2. The molecule has 2 aromatic heterocycles. The molecule has 4 heteroatoms. The summed E-state index contributed by atoms with van der Waals surface area (Å²) in [4.78, 5) is 8.71. The average Bonchev–Trinajstić information content (AvgIpc) is 3.02. The van der Waals surface area contributed by atoms with Crippen molar-refractivity contribution >= 4 is 11.3 Å². The molecule has 1 aromatic carbocycles. The molecule has 3 rings (SSSR count). The number of aromatic nitrogens is 2. The lowest BCUT2D eigenvalue weighted by Gasteiger charge is -2.02. The molecule has 0 fully saturated rings. The summed E-state index contributed by atoms with van der Waals surface area (Å²) in [6.07, 6.45) is 4.61. The highest BCUT2D eigenvalue weighted by Gasteiger charge is 2.03. The Bertz CT molecular complexity index is 665. The molecular formula is C17H17N3S. The Labute approximate surface area is 128 Å². The van der Waals surface area contributed by atoms with Crippen LogP contribution in [0, 0.1) is 0 Å². The molecule has 0 saturated carbocycles. The molecule has 3 aromatic rings. The van der Waals surface area contributed by atoms with Gasteiger partial charge in [-0.2, -0.15) is 0 Å². The lowest BCUT2D eigenvalue weighted by atomic mass is 10.2. The van der Waals surface area contributed by atoms with Gasteiger partial charge in [-0.15, -0.1) is 11.3 Å². The van der Waals surface area contributed by atoms with Crippen LogP contribution < -0.4 is 5.32 Å². The third-order valence-electron chi connectivity index (χ3n) is 3.22. The van der Waals surface area contributed by atoms with Gasteiger partial charge in [0.05, 0.1) is 10.7 Å². The average molecular weight is 295 g/mol. The molecule has 0 aliphatic rings. The van der Waals surface area contributed by atoms with E-state index in [-0.39, 0.29) is 0 Å². The summed E-state index contributed by atoms with van der Waals surface area (Å²) in [5.74, 6) is 0. The lowest BCUT2D eigenvalue weighted by molar-refractivity contribution is 0.685. The summed E-state index contributed by atoms with van der Waals surface area (Å²) >= 11 is 1.73. The van der Waals surface area contributed by atoms with Gasteiger partial charge in [-0.3, -0.25) is 4.98 Å². The van der Waals surface area contributed by atoms with Crippen molar-refractivity contribution in [2.75, 3.05) is 6.54 Å². The summed E-state index contributed by atoms with van der Waals surface area (Å²) in [6, 6.07) is 14.4. The van der Waals surface area contributed by atoms with E-state index in [9.17, 15) is 0 Å². The summed E-state index contributed by atoms with van der Waals surface area (Å²) in [6.45, 7) is 1.81. The van der Waals surface area contributed by atoms with Crippen LogP contribution in [0.15, 0.2) is 60.2 Å². The first kappa shape index (κ1) is 13.9. The first-order chi connectivity index (χ1) is 10.4. The summed E-state index contributed by atoms with van der Waals surface area (Å²) in [5, 5.41) is 6.75. The second-order valence-electron chi connectivity index (χ2n) is 4.77. The fourth-order valence-electron chi connectivity index (χ4n) is 2.10. The highest BCUT2D eigenvalue weighted by molar-refractivity contribution is 7.09. The van der Waals surface area contributed by atoms with E-state index in [0.29, 0.717) is 0 Å². The van der Waals surface area contributed by atoms with Gasteiger partial charge < -0.3 is 5.32 Å². The number of nitrogens with one attached hydrogen (secondary N) is 1. The predicted octanol–water partition coefficient (Wildman–Crippen LogP) is 3.54. The van der Waals surface area contributed by atoms with E-state index in [4.69, 9.17) is 4.98 Å². The van der Waals surface area contributed by atoms with Crippen molar-refractivity contribution in [3.63, 3.8) is 0 Å². The van der Waals surface area contributed by atoms with Crippen molar-refractivity contribution in [3.8, 4) is 11.3 Å². The van der Waals surface area contributed by atoms with E-state index in [1.54, 1.807) is 11.3 Å². The molecule has 3 nitrogen and oxygen atoms in total. The normalized spacial score (nSPS) is 10.7. The molecular weight excluding hydrogens is 278 g/mol. The van der Waals surface area contributed by atoms with E-state index < -0.39 is 0 Å². The Morgan fingerprint density at radius 3 is 2.62 bits per heavy atom. The van der Waals surface area contributed by atoms with Crippen LogP contribution in [0.1, 0.15) is 10.6 Å². The van der Waals surface area contributed by atoms with Crippen LogP contribution in [-0.2, 0) is 13.0 Å². The molecule has 1 N–H and O–H groups in total. The molecule has 0 amide bonds. The lowest BCUT2D eigenvalue weighted by Crippen LogP contribution is -2.16. The largest absolute Gasteiger partial charge is 0.312 e. The molecule has 0 radical (unpaired) electrons. The highest BCUT2D eigenvalue weighted by atomic mass is 32.1. The number of thiazole rings is 1. The zero-order valence-corrected chi connectivity index (χ0v) is 12.5. The molecule has 0 spiro atoms. The maximum Gasteiger partial charge on any atom is 0.0945 e. The Kier molecular flexibility index (Phi) is 4.71. The third kappa shape index (κ3) is 3.97. The van der Waals surface area contributed by atoms with E-state index in [1.165, 1.54) is 16.1 Å². The van der Waals surface area contributed by atoms with Crippen molar-refractivity contribution in [3.05, 3.63) is 70.8 Å². The molecule has 106 valence electrons. The van der Waals surface area contributed by atoms with Crippen LogP contribution in [0.2, 0.25) is 0 Å². The Morgan fingerprint density at radius 1 is 1.00 bits per heavy atom. The molecule has 0 aliphatic heterocycles. The number of benzene rings is 1. The molecule has 0 saturated heterocycles. The van der Waals surface area contributed by atoms with Crippen LogP contribution in [0.3, 0.4) is 0 Å². The number of nitrogens with zero attached hydrogens (tertiary/aromatic N) is 2. The first-order valence-corrected chi connectivity index (χ1v) is 7.89. The molecule has 0 bridgehead atoms. The van der Waals surface area contributed by atoms with Crippen LogP contribution in [0.25, 0.3) is 11.3 Å². The molecule has 0 atom stereocenters. The smallest absolute Gasteiger partial charge is 0.0945 e. The van der Waals surface area contributed by atoms with Gasteiger partial charge in [0, 0.05) is 42.8 Å². The van der Waals surface area contributed by atoms with Gasteiger partial charge in [0.1, 0.15) is 0 Å². The van der Waals surface area contributed by atoms with Crippen LogP contribution >= 0.6 is 11.3 Å². The number of pyridine rings is 1. The van der Waals surface area contributed by atoms with Crippen molar-refractivity contribution < 1.29 is 0 Å². The zero-order chi connectivity index (χ0) is 14.3. The van der Waals surface area contributed by atoms with E-state index >= 15 is 0 Å². The predicted molar refractivity (Wildman–Crippen MR) is 87.2 cm³/mol. The summed E-state index contributed by atoms with van der Waals surface area (Å²) in [5.41, 5.74) is 3.52. The van der Waals surface area contributed by atoms with Crippen molar-refractivity contribution in [1.82, 2.24) is 15.3 Å². The van der Waals surface area contributed by atoms with Crippen molar-refractivity contribution in [2.24, 2.45) is 0 Å². The van der Waals surface area contributed by atoms with E-state index in [1.807, 2.05) is 42.7 Å². The number of hydrogen-bond donors (Lipinski definition) is 1. The van der Waals surface area contributed by atoms with Crippen LogP contribution in [-0.4, -0.2) is 16.5 Å². The van der Waals surface area contributed by atoms with Crippen molar-refractivity contribution in [1.29, 1.82) is 0 Å². The van der Waals surface area contributed by atoms with Gasteiger partial charge in [0.15, 0.2) is 0 Å². The van der Waals surface area contributed by atoms with Crippen LogP contribution in [0.4, 0.5) is 0 Å². The highest BCUT2D eigenvalue weighted by Crippen LogP contribution is 2.21. The molecule has 2 heterocycles. The van der Waals surface area contributed by atoms with Crippen molar-refractivity contribution in [2.45, 2.75) is 13.0 Å². The first-order valence-electron chi connectivity index (χ1n) is 7.01. The quantitative estimate of drug-likeness (QED) is 0.707. The topological polar surface area (TPSA) is 37.8 Å². The minimum absolute atomic E-state index is 0.874. The minimum Gasteiger partial charge on any atom is -0.312 e. The molecule has 0 aliphatic carbocycles.